The number of thiazole rings is 1. The molecule has 0 bridgehead atoms. The van der Waals surface area contributed by atoms with E-state index in [4.69, 9.17) is 11.6 Å². The number of aliphatic carboxylic acids is 1. The molecule has 1 amide bonds. The lowest BCUT2D eigenvalue weighted by atomic mass is 9.82. The van der Waals surface area contributed by atoms with Gasteiger partial charge in [-0.2, -0.15) is 0 Å². The highest BCUT2D eigenvalue weighted by Crippen LogP contribution is 2.33. The molecular formula is C16H17ClN2O3S2. The van der Waals surface area contributed by atoms with E-state index in [1.54, 1.807) is 11.8 Å². The maximum absolute atomic E-state index is 12.5. The molecule has 2 aromatic heterocycles. The Morgan fingerprint density at radius 2 is 2.25 bits per heavy atom. The van der Waals surface area contributed by atoms with E-state index in [2.05, 4.69) is 4.98 Å². The lowest BCUT2D eigenvalue weighted by Crippen LogP contribution is -2.48. The average molecular weight is 385 g/mol. The number of halogens is 1. The van der Waals surface area contributed by atoms with Crippen LogP contribution in [-0.4, -0.2) is 40.0 Å². The topological polar surface area (TPSA) is 70.5 Å². The molecule has 0 aromatic carbocycles. The van der Waals surface area contributed by atoms with Gasteiger partial charge < -0.3 is 10.0 Å². The lowest BCUT2D eigenvalue weighted by molar-refractivity contribution is -0.153. The van der Waals surface area contributed by atoms with Crippen LogP contribution in [0.25, 0.3) is 9.88 Å². The molecule has 1 N–H and O–H groups in total. The van der Waals surface area contributed by atoms with Gasteiger partial charge in [0, 0.05) is 18.5 Å². The first-order valence-corrected chi connectivity index (χ1v) is 9.66. The van der Waals surface area contributed by atoms with Gasteiger partial charge in [-0.25, -0.2) is 4.98 Å². The first kappa shape index (κ1) is 17.4. The first-order chi connectivity index (χ1) is 11.4. The summed E-state index contributed by atoms with van der Waals surface area (Å²) in [5.74, 6) is -0.909. The van der Waals surface area contributed by atoms with Crippen molar-refractivity contribution in [1.29, 1.82) is 0 Å². The zero-order valence-electron chi connectivity index (χ0n) is 13.1. The summed E-state index contributed by atoms with van der Waals surface area (Å²) in [6.45, 7) is 2.58. The van der Waals surface area contributed by atoms with Crippen molar-refractivity contribution < 1.29 is 14.7 Å². The van der Waals surface area contributed by atoms with Crippen LogP contribution in [0.15, 0.2) is 17.5 Å². The maximum Gasteiger partial charge on any atom is 0.311 e. The van der Waals surface area contributed by atoms with E-state index in [1.807, 2.05) is 17.5 Å². The number of amides is 1. The number of carbonyl (C=O) groups excluding carboxylic acids is 1. The number of carboxylic acid groups (broad SMARTS) is 1. The smallest absolute Gasteiger partial charge is 0.311 e. The van der Waals surface area contributed by atoms with Crippen LogP contribution in [0.2, 0.25) is 4.34 Å². The molecule has 0 spiro atoms. The molecule has 3 rings (SSSR count). The summed E-state index contributed by atoms with van der Waals surface area (Å²) in [4.78, 5) is 31.1. The number of rotatable bonds is 4. The Morgan fingerprint density at radius 3 is 2.92 bits per heavy atom. The number of likely N-dealkylation sites (tertiary alicyclic amines) is 1. The second-order valence-electron chi connectivity index (χ2n) is 6.21. The molecule has 1 saturated heterocycles. The molecule has 5 nitrogen and oxygen atoms in total. The zero-order chi connectivity index (χ0) is 17.3. The minimum Gasteiger partial charge on any atom is -0.481 e. The molecule has 1 aliphatic heterocycles. The number of piperidine rings is 1. The molecule has 1 unspecified atom stereocenters. The Balaban J connectivity index is 1.67. The molecule has 1 fully saturated rings. The molecule has 0 radical (unpaired) electrons. The van der Waals surface area contributed by atoms with Crippen molar-refractivity contribution >= 4 is 46.2 Å². The highest BCUT2D eigenvalue weighted by molar-refractivity contribution is 7.23. The van der Waals surface area contributed by atoms with Gasteiger partial charge in [0.15, 0.2) is 0 Å². The maximum atomic E-state index is 12.5. The van der Waals surface area contributed by atoms with Crippen molar-refractivity contribution in [2.75, 3.05) is 13.1 Å². The quantitative estimate of drug-likeness (QED) is 0.870. The highest BCUT2D eigenvalue weighted by Gasteiger charge is 2.39. The zero-order valence-corrected chi connectivity index (χ0v) is 15.5. The molecule has 3 heterocycles. The Bertz CT molecular complexity index is 773. The van der Waals surface area contributed by atoms with E-state index in [1.165, 1.54) is 22.7 Å². The van der Waals surface area contributed by atoms with Gasteiger partial charge in [0.1, 0.15) is 5.01 Å². The standard InChI is InChI=1S/C16H17ClN2O3S2/c1-16(15(21)22)5-2-6-19(9-16)13(20)7-10-8-23-14(18-10)11-3-4-12(17)24-11/h3-4,8H,2,5-7,9H2,1H3,(H,21,22). The third-order valence-corrected chi connectivity index (χ3v) is 6.52. The summed E-state index contributed by atoms with van der Waals surface area (Å²) in [5.41, 5.74) is -0.137. The van der Waals surface area contributed by atoms with Crippen LogP contribution in [0.3, 0.4) is 0 Å². The molecule has 1 aliphatic rings. The number of carboxylic acids is 1. The Morgan fingerprint density at radius 1 is 1.46 bits per heavy atom. The van der Waals surface area contributed by atoms with Gasteiger partial charge >= 0.3 is 5.97 Å². The monoisotopic (exact) mass is 384 g/mol. The van der Waals surface area contributed by atoms with Crippen LogP contribution in [0, 0.1) is 5.41 Å². The minimum atomic E-state index is -0.852. The van der Waals surface area contributed by atoms with Gasteiger partial charge in [0.05, 0.1) is 26.7 Å². The number of hydrogen-bond donors (Lipinski definition) is 1. The minimum absolute atomic E-state index is 0.0664. The van der Waals surface area contributed by atoms with E-state index in [-0.39, 0.29) is 18.9 Å². The number of carbonyl (C=O) groups is 2. The Hall–Kier alpha value is -1.44. The predicted molar refractivity (Wildman–Crippen MR) is 95.7 cm³/mol. The van der Waals surface area contributed by atoms with Gasteiger partial charge in [0.25, 0.3) is 0 Å². The molecule has 0 saturated carbocycles. The van der Waals surface area contributed by atoms with Gasteiger partial charge in [-0.1, -0.05) is 11.6 Å². The average Bonchev–Trinajstić information content (AvgIpc) is 3.16. The first-order valence-electron chi connectivity index (χ1n) is 7.59. The van der Waals surface area contributed by atoms with Crippen molar-refractivity contribution in [3.05, 3.63) is 27.5 Å². The second-order valence-corrected chi connectivity index (χ2v) is 8.78. The van der Waals surface area contributed by atoms with Gasteiger partial charge in [-0.05, 0) is 31.9 Å². The normalized spacial score (nSPS) is 21.0. The molecular weight excluding hydrogens is 368 g/mol. The third kappa shape index (κ3) is 3.63. The number of nitrogens with zero attached hydrogens (tertiary/aromatic N) is 2. The SMILES string of the molecule is CC1(C(=O)O)CCCN(C(=O)Cc2csc(-c3ccc(Cl)s3)n2)C1. The van der Waals surface area contributed by atoms with Crippen LogP contribution in [0.5, 0.6) is 0 Å². The summed E-state index contributed by atoms with van der Waals surface area (Å²) in [6, 6.07) is 3.74. The van der Waals surface area contributed by atoms with Crippen molar-refractivity contribution in [1.82, 2.24) is 9.88 Å². The third-order valence-electron chi connectivity index (χ3n) is 4.23. The second kappa shape index (κ2) is 6.82. The molecule has 2 aromatic rings. The van der Waals surface area contributed by atoms with E-state index in [9.17, 15) is 14.7 Å². The number of aromatic nitrogens is 1. The Kier molecular flexibility index (Phi) is 4.94. The molecule has 128 valence electrons. The highest BCUT2D eigenvalue weighted by atomic mass is 35.5. The van der Waals surface area contributed by atoms with Crippen molar-refractivity contribution in [3.8, 4) is 9.88 Å². The van der Waals surface area contributed by atoms with Crippen LogP contribution in [-0.2, 0) is 16.0 Å². The van der Waals surface area contributed by atoms with E-state index < -0.39 is 11.4 Å². The fourth-order valence-corrected chi connectivity index (χ4v) is 4.76. The molecule has 24 heavy (non-hydrogen) atoms. The summed E-state index contributed by atoms with van der Waals surface area (Å²) < 4.78 is 0.707. The molecule has 8 heteroatoms. The van der Waals surface area contributed by atoms with Crippen LogP contribution < -0.4 is 0 Å². The van der Waals surface area contributed by atoms with Crippen molar-refractivity contribution in [2.24, 2.45) is 5.41 Å². The van der Waals surface area contributed by atoms with E-state index in [0.29, 0.717) is 29.4 Å². The van der Waals surface area contributed by atoms with Crippen LogP contribution in [0.1, 0.15) is 25.5 Å². The van der Waals surface area contributed by atoms with Crippen LogP contribution in [0.4, 0.5) is 0 Å². The number of hydrogen-bond acceptors (Lipinski definition) is 5. The van der Waals surface area contributed by atoms with Gasteiger partial charge in [-0.3, -0.25) is 9.59 Å². The predicted octanol–water partition coefficient (Wildman–Crippen LogP) is 3.78. The summed E-state index contributed by atoms with van der Waals surface area (Å²) in [5, 5.41) is 12.1. The van der Waals surface area contributed by atoms with Gasteiger partial charge in [-0.15, -0.1) is 22.7 Å². The number of thiophene rings is 1. The van der Waals surface area contributed by atoms with Gasteiger partial charge in [0.2, 0.25) is 5.91 Å². The van der Waals surface area contributed by atoms with E-state index >= 15 is 0 Å². The Labute approximate surface area is 152 Å². The largest absolute Gasteiger partial charge is 0.481 e. The lowest BCUT2D eigenvalue weighted by Gasteiger charge is -2.37. The summed E-state index contributed by atoms with van der Waals surface area (Å²) in [6.07, 6.45) is 1.52. The molecule has 0 aliphatic carbocycles. The van der Waals surface area contributed by atoms with E-state index in [0.717, 1.165) is 9.88 Å². The van der Waals surface area contributed by atoms with Crippen molar-refractivity contribution in [2.45, 2.75) is 26.2 Å². The summed E-state index contributed by atoms with van der Waals surface area (Å²) in [7, 11) is 0. The van der Waals surface area contributed by atoms with Crippen LogP contribution >= 0.6 is 34.3 Å². The summed E-state index contributed by atoms with van der Waals surface area (Å²) >= 11 is 8.88. The van der Waals surface area contributed by atoms with Crippen molar-refractivity contribution in [3.63, 3.8) is 0 Å². The fraction of sp³-hybridized carbons (Fsp3) is 0.438. The molecule has 1 atom stereocenters. The fourth-order valence-electron chi connectivity index (χ4n) is 2.82.